The lowest BCUT2D eigenvalue weighted by atomic mass is 10.1. The van der Waals surface area contributed by atoms with Gasteiger partial charge in [-0.2, -0.15) is 4.39 Å². The number of aryl methyl sites for hydroxylation is 1. The number of halogens is 1. The molecule has 4 aromatic rings. The van der Waals surface area contributed by atoms with Gasteiger partial charge in [-0.1, -0.05) is 12.1 Å². The van der Waals surface area contributed by atoms with Crippen LogP contribution in [0.5, 0.6) is 0 Å². The molecule has 4 heterocycles. The molecule has 4 rings (SSSR count). The topological polar surface area (TPSA) is 80.7 Å². The largest absolute Gasteiger partial charge is 0.324 e. The normalized spacial score (nSPS) is 10.6. The number of amides is 1. The van der Waals surface area contributed by atoms with Gasteiger partial charge in [0.05, 0.1) is 35.4 Å². The lowest BCUT2D eigenvalue weighted by molar-refractivity contribution is -0.115. The summed E-state index contributed by atoms with van der Waals surface area (Å²) >= 11 is 0. The fraction of sp³-hybridized carbons (Fsp3) is 0.0870. The third-order valence-electron chi connectivity index (χ3n) is 4.41. The molecule has 0 saturated heterocycles. The second kappa shape index (κ2) is 8.57. The molecule has 0 aliphatic carbocycles. The van der Waals surface area contributed by atoms with Crippen LogP contribution < -0.4 is 5.32 Å². The SMILES string of the molecule is Cc1cc(-c2ccc(CC(=O)Nc3ccc(-c4cccc(F)n4)nc3)cn2)ccn1. The standard InChI is InChI=1S/C23H18FN5O/c1-15-11-17(9-10-25-15)19-7-5-16(13-26-19)12-23(30)28-18-6-8-20(27-14-18)21-3-2-4-22(24)29-21/h2-11,13-14H,12H2,1H3,(H,28,30). The summed E-state index contributed by atoms with van der Waals surface area (Å²) in [6.45, 7) is 1.93. The van der Waals surface area contributed by atoms with Crippen LogP contribution in [0.2, 0.25) is 0 Å². The number of hydrogen-bond acceptors (Lipinski definition) is 5. The van der Waals surface area contributed by atoms with Gasteiger partial charge in [0, 0.05) is 23.7 Å². The summed E-state index contributed by atoms with van der Waals surface area (Å²) < 4.78 is 13.2. The number of nitrogens with one attached hydrogen (secondary N) is 1. The second-order valence-corrected chi connectivity index (χ2v) is 6.74. The van der Waals surface area contributed by atoms with Crippen LogP contribution in [0.25, 0.3) is 22.6 Å². The van der Waals surface area contributed by atoms with Crippen molar-refractivity contribution in [1.29, 1.82) is 0 Å². The average molecular weight is 399 g/mol. The van der Waals surface area contributed by atoms with Crippen LogP contribution >= 0.6 is 0 Å². The summed E-state index contributed by atoms with van der Waals surface area (Å²) in [6.07, 6.45) is 5.15. The molecular formula is C23H18FN5O. The Morgan fingerprint density at radius 3 is 2.47 bits per heavy atom. The summed E-state index contributed by atoms with van der Waals surface area (Å²) in [7, 11) is 0. The number of anilines is 1. The third-order valence-corrected chi connectivity index (χ3v) is 4.41. The molecule has 4 aromatic heterocycles. The summed E-state index contributed by atoms with van der Waals surface area (Å²) in [5.41, 5.74) is 5.05. The Labute approximate surface area is 172 Å². The lowest BCUT2D eigenvalue weighted by Crippen LogP contribution is -2.14. The second-order valence-electron chi connectivity index (χ2n) is 6.74. The lowest BCUT2D eigenvalue weighted by Gasteiger charge is -2.07. The Kier molecular flexibility index (Phi) is 5.52. The van der Waals surface area contributed by atoms with Crippen LogP contribution in [0.15, 0.2) is 73.2 Å². The fourth-order valence-electron chi connectivity index (χ4n) is 2.97. The zero-order valence-electron chi connectivity index (χ0n) is 16.2. The number of pyridine rings is 4. The van der Waals surface area contributed by atoms with Crippen molar-refractivity contribution in [3.63, 3.8) is 0 Å². The molecule has 6 nitrogen and oxygen atoms in total. The van der Waals surface area contributed by atoms with Crippen molar-refractivity contribution in [1.82, 2.24) is 19.9 Å². The van der Waals surface area contributed by atoms with Crippen molar-refractivity contribution in [2.24, 2.45) is 0 Å². The molecule has 0 aromatic carbocycles. The van der Waals surface area contributed by atoms with E-state index in [0.717, 1.165) is 22.5 Å². The first-order chi connectivity index (χ1) is 14.6. The maximum Gasteiger partial charge on any atom is 0.228 e. The minimum atomic E-state index is -0.564. The molecule has 0 unspecified atom stereocenters. The van der Waals surface area contributed by atoms with E-state index in [4.69, 9.17) is 0 Å². The Morgan fingerprint density at radius 1 is 0.933 bits per heavy atom. The molecule has 30 heavy (non-hydrogen) atoms. The van der Waals surface area contributed by atoms with Crippen LogP contribution in [0, 0.1) is 12.9 Å². The van der Waals surface area contributed by atoms with Gasteiger partial charge in [-0.15, -0.1) is 0 Å². The summed E-state index contributed by atoms with van der Waals surface area (Å²) in [4.78, 5) is 29.0. The fourth-order valence-corrected chi connectivity index (χ4v) is 2.97. The molecular weight excluding hydrogens is 381 g/mol. The van der Waals surface area contributed by atoms with Gasteiger partial charge in [0.25, 0.3) is 0 Å². The Bertz CT molecular complexity index is 1080. The van der Waals surface area contributed by atoms with Crippen molar-refractivity contribution < 1.29 is 9.18 Å². The highest BCUT2D eigenvalue weighted by Crippen LogP contribution is 2.18. The van der Waals surface area contributed by atoms with E-state index in [1.54, 1.807) is 36.7 Å². The zero-order valence-corrected chi connectivity index (χ0v) is 16.2. The van der Waals surface area contributed by atoms with E-state index >= 15 is 0 Å². The number of hydrogen-bond donors (Lipinski definition) is 1. The Hall–Kier alpha value is -4.00. The quantitative estimate of drug-likeness (QED) is 0.508. The van der Waals surface area contributed by atoms with E-state index in [0.29, 0.717) is 17.1 Å². The smallest absolute Gasteiger partial charge is 0.228 e. The molecule has 7 heteroatoms. The van der Waals surface area contributed by atoms with Crippen molar-refractivity contribution in [3.05, 3.63) is 90.4 Å². The van der Waals surface area contributed by atoms with Crippen LogP contribution in [0.3, 0.4) is 0 Å². The van der Waals surface area contributed by atoms with E-state index in [2.05, 4.69) is 25.3 Å². The minimum absolute atomic E-state index is 0.178. The predicted octanol–water partition coefficient (Wildman–Crippen LogP) is 4.23. The van der Waals surface area contributed by atoms with Crippen molar-refractivity contribution >= 4 is 11.6 Å². The van der Waals surface area contributed by atoms with E-state index < -0.39 is 5.95 Å². The highest BCUT2D eigenvalue weighted by atomic mass is 19.1. The molecule has 0 fully saturated rings. The molecule has 148 valence electrons. The Balaban J connectivity index is 1.38. The van der Waals surface area contributed by atoms with E-state index in [1.807, 2.05) is 31.2 Å². The van der Waals surface area contributed by atoms with Crippen LogP contribution in [-0.2, 0) is 11.2 Å². The van der Waals surface area contributed by atoms with Gasteiger partial charge < -0.3 is 5.32 Å². The molecule has 1 amide bonds. The predicted molar refractivity (Wildman–Crippen MR) is 112 cm³/mol. The molecule has 0 atom stereocenters. The van der Waals surface area contributed by atoms with Gasteiger partial charge in [-0.05, 0) is 55.0 Å². The van der Waals surface area contributed by atoms with Crippen LogP contribution in [-0.4, -0.2) is 25.8 Å². The highest BCUT2D eigenvalue weighted by Gasteiger charge is 2.08. The molecule has 0 aliphatic heterocycles. The van der Waals surface area contributed by atoms with Gasteiger partial charge in [-0.3, -0.25) is 19.7 Å². The maximum atomic E-state index is 13.2. The first-order valence-electron chi connectivity index (χ1n) is 9.33. The van der Waals surface area contributed by atoms with Crippen molar-refractivity contribution in [2.75, 3.05) is 5.32 Å². The number of nitrogens with zero attached hydrogens (tertiary/aromatic N) is 4. The van der Waals surface area contributed by atoms with Crippen LogP contribution in [0.1, 0.15) is 11.3 Å². The van der Waals surface area contributed by atoms with Crippen LogP contribution in [0.4, 0.5) is 10.1 Å². The summed E-state index contributed by atoms with van der Waals surface area (Å²) in [6, 6.07) is 15.6. The number of carbonyl (C=O) groups is 1. The van der Waals surface area contributed by atoms with Crippen molar-refractivity contribution in [3.8, 4) is 22.6 Å². The van der Waals surface area contributed by atoms with Gasteiger partial charge in [0.15, 0.2) is 0 Å². The molecule has 0 aliphatic rings. The maximum absolute atomic E-state index is 13.2. The minimum Gasteiger partial charge on any atom is -0.324 e. The highest BCUT2D eigenvalue weighted by molar-refractivity contribution is 5.92. The van der Waals surface area contributed by atoms with Gasteiger partial charge in [0.1, 0.15) is 0 Å². The van der Waals surface area contributed by atoms with Gasteiger partial charge in [-0.25, -0.2) is 4.98 Å². The number of aromatic nitrogens is 4. The average Bonchev–Trinajstić information content (AvgIpc) is 2.75. The zero-order chi connectivity index (χ0) is 20.9. The summed E-state index contributed by atoms with van der Waals surface area (Å²) in [5, 5.41) is 2.80. The van der Waals surface area contributed by atoms with Gasteiger partial charge >= 0.3 is 0 Å². The molecule has 0 bridgehead atoms. The third kappa shape index (κ3) is 4.70. The first-order valence-corrected chi connectivity index (χ1v) is 9.33. The molecule has 1 N–H and O–H groups in total. The monoisotopic (exact) mass is 399 g/mol. The molecule has 0 radical (unpaired) electrons. The van der Waals surface area contributed by atoms with E-state index in [1.165, 1.54) is 12.3 Å². The van der Waals surface area contributed by atoms with E-state index in [9.17, 15) is 9.18 Å². The van der Waals surface area contributed by atoms with E-state index in [-0.39, 0.29) is 12.3 Å². The molecule has 0 spiro atoms. The Morgan fingerprint density at radius 2 is 1.77 bits per heavy atom. The molecule has 0 saturated carbocycles. The van der Waals surface area contributed by atoms with Crippen molar-refractivity contribution in [2.45, 2.75) is 13.3 Å². The van der Waals surface area contributed by atoms with Gasteiger partial charge in [0.2, 0.25) is 11.9 Å². The number of carbonyl (C=O) groups excluding carboxylic acids is 1. The number of rotatable bonds is 5. The summed E-state index contributed by atoms with van der Waals surface area (Å²) in [5.74, 6) is -0.742. The first kappa shape index (κ1) is 19.3.